The topological polar surface area (TPSA) is 93.8 Å². The lowest BCUT2D eigenvalue weighted by Gasteiger charge is -2.27. The number of amides is 1. The van der Waals surface area contributed by atoms with Crippen molar-refractivity contribution < 1.29 is 9.59 Å². The standard InChI is InChI=1S/C14H10ClN3O2/c1-8(19)5-14(9(6-16)7-17)12-10(15)3-2-4-11(12)18-13(14)20/h2-4,9H,5H2,1H3,(H,18,20)/t14-/m1/s1. The Balaban J connectivity index is 2.77. The van der Waals surface area contributed by atoms with Crippen LogP contribution >= 0.6 is 11.6 Å². The smallest absolute Gasteiger partial charge is 0.238 e. The predicted molar refractivity (Wildman–Crippen MR) is 71.8 cm³/mol. The maximum Gasteiger partial charge on any atom is 0.238 e. The number of carbonyl (C=O) groups is 2. The molecule has 1 amide bonds. The maximum atomic E-state index is 12.4. The summed E-state index contributed by atoms with van der Waals surface area (Å²) in [6.07, 6.45) is -0.235. The van der Waals surface area contributed by atoms with Crippen LogP contribution < -0.4 is 5.32 Å². The van der Waals surface area contributed by atoms with Gasteiger partial charge in [0, 0.05) is 22.7 Å². The minimum absolute atomic E-state index is 0.235. The van der Waals surface area contributed by atoms with Gasteiger partial charge in [-0.25, -0.2) is 0 Å². The lowest BCUT2D eigenvalue weighted by Crippen LogP contribution is -2.42. The third-order valence-electron chi connectivity index (χ3n) is 3.39. The molecule has 1 heterocycles. The summed E-state index contributed by atoms with van der Waals surface area (Å²) >= 11 is 6.14. The van der Waals surface area contributed by atoms with E-state index in [0.29, 0.717) is 11.3 Å². The van der Waals surface area contributed by atoms with Gasteiger partial charge in [-0.2, -0.15) is 10.5 Å². The van der Waals surface area contributed by atoms with E-state index in [-0.39, 0.29) is 17.2 Å². The van der Waals surface area contributed by atoms with Crippen LogP contribution in [0.25, 0.3) is 0 Å². The number of nitrogens with zero attached hydrogens (tertiary/aromatic N) is 2. The number of rotatable bonds is 3. The van der Waals surface area contributed by atoms with Crippen LogP contribution in [0.5, 0.6) is 0 Å². The number of nitriles is 2. The zero-order chi connectivity index (χ0) is 14.9. The summed E-state index contributed by atoms with van der Waals surface area (Å²) < 4.78 is 0. The van der Waals surface area contributed by atoms with Crippen LogP contribution in [0.4, 0.5) is 5.69 Å². The second-order valence-electron chi connectivity index (χ2n) is 4.66. The van der Waals surface area contributed by atoms with Gasteiger partial charge in [0.2, 0.25) is 5.91 Å². The van der Waals surface area contributed by atoms with Crippen LogP contribution in [0.3, 0.4) is 0 Å². The number of benzene rings is 1. The van der Waals surface area contributed by atoms with Gasteiger partial charge in [0.15, 0.2) is 5.92 Å². The molecular formula is C14H10ClN3O2. The van der Waals surface area contributed by atoms with Gasteiger partial charge >= 0.3 is 0 Å². The molecule has 0 saturated carbocycles. The van der Waals surface area contributed by atoms with E-state index in [0.717, 1.165) is 0 Å². The molecular weight excluding hydrogens is 278 g/mol. The number of ketones is 1. The summed E-state index contributed by atoms with van der Waals surface area (Å²) in [6.45, 7) is 1.32. The molecule has 20 heavy (non-hydrogen) atoms. The van der Waals surface area contributed by atoms with E-state index >= 15 is 0 Å². The molecule has 0 aromatic heterocycles. The van der Waals surface area contributed by atoms with Gasteiger partial charge in [-0.15, -0.1) is 0 Å². The zero-order valence-electron chi connectivity index (χ0n) is 10.6. The molecule has 1 N–H and O–H groups in total. The molecule has 0 unspecified atom stereocenters. The van der Waals surface area contributed by atoms with E-state index in [2.05, 4.69) is 5.32 Å². The van der Waals surface area contributed by atoms with Crippen molar-refractivity contribution in [1.29, 1.82) is 10.5 Å². The summed E-state index contributed by atoms with van der Waals surface area (Å²) in [5.74, 6) is -2.11. The first kappa shape index (κ1) is 14.0. The number of Topliss-reactive ketones (excluding diaryl/α,β-unsaturated/α-hetero) is 1. The Morgan fingerprint density at radius 3 is 2.65 bits per heavy atom. The highest BCUT2D eigenvalue weighted by Gasteiger charge is 2.55. The first-order valence-corrected chi connectivity index (χ1v) is 6.24. The fourth-order valence-corrected chi connectivity index (χ4v) is 2.96. The Labute approximate surface area is 120 Å². The van der Waals surface area contributed by atoms with Crippen LogP contribution in [0.1, 0.15) is 18.9 Å². The van der Waals surface area contributed by atoms with Crippen molar-refractivity contribution in [3.8, 4) is 12.1 Å². The number of fused-ring (bicyclic) bond motifs is 1. The summed E-state index contributed by atoms with van der Waals surface area (Å²) in [7, 11) is 0. The third-order valence-corrected chi connectivity index (χ3v) is 3.71. The van der Waals surface area contributed by atoms with Gasteiger partial charge in [0.05, 0.1) is 12.1 Å². The quantitative estimate of drug-likeness (QED) is 0.922. The number of hydrogen-bond donors (Lipinski definition) is 1. The number of carbonyl (C=O) groups excluding carboxylic acids is 2. The largest absolute Gasteiger partial charge is 0.325 e. The first-order valence-electron chi connectivity index (χ1n) is 5.86. The summed E-state index contributed by atoms with van der Waals surface area (Å²) in [4.78, 5) is 23.9. The van der Waals surface area contributed by atoms with E-state index in [9.17, 15) is 20.1 Å². The molecule has 1 aliphatic heterocycles. The molecule has 1 aliphatic rings. The van der Waals surface area contributed by atoms with Crippen LogP contribution in [0.15, 0.2) is 18.2 Å². The van der Waals surface area contributed by atoms with Gasteiger partial charge < -0.3 is 5.32 Å². The second-order valence-corrected chi connectivity index (χ2v) is 5.07. The molecule has 2 rings (SSSR count). The zero-order valence-corrected chi connectivity index (χ0v) is 11.4. The van der Waals surface area contributed by atoms with Crippen molar-refractivity contribution in [3.63, 3.8) is 0 Å². The lowest BCUT2D eigenvalue weighted by atomic mass is 9.69. The molecule has 0 aliphatic carbocycles. The van der Waals surface area contributed by atoms with Gasteiger partial charge in [-0.05, 0) is 19.1 Å². The Hall–Kier alpha value is -2.37. The molecule has 0 fully saturated rings. The van der Waals surface area contributed by atoms with E-state index in [1.54, 1.807) is 30.3 Å². The van der Waals surface area contributed by atoms with Crippen molar-refractivity contribution in [2.24, 2.45) is 5.92 Å². The SMILES string of the molecule is CC(=O)C[C@]1(C(C#N)C#N)C(=O)Nc2cccc(Cl)c21. The van der Waals surface area contributed by atoms with E-state index in [1.165, 1.54) is 6.92 Å². The van der Waals surface area contributed by atoms with E-state index < -0.39 is 17.2 Å². The van der Waals surface area contributed by atoms with Crippen LogP contribution in [-0.2, 0) is 15.0 Å². The molecule has 1 atom stereocenters. The minimum Gasteiger partial charge on any atom is -0.325 e. The molecule has 0 spiro atoms. The van der Waals surface area contributed by atoms with Crippen LogP contribution in [0.2, 0.25) is 5.02 Å². The highest BCUT2D eigenvalue weighted by atomic mass is 35.5. The van der Waals surface area contributed by atoms with Crippen molar-refractivity contribution in [1.82, 2.24) is 0 Å². The maximum absolute atomic E-state index is 12.4. The highest BCUT2D eigenvalue weighted by molar-refractivity contribution is 6.33. The minimum atomic E-state index is -1.54. The Morgan fingerprint density at radius 2 is 2.10 bits per heavy atom. The molecule has 0 radical (unpaired) electrons. The molecule has 0 saturated heterocycles. The number of anilines is 1. The lowest BCUT2D eigenvalue weighted by molar-refractivity contribution is -0.127. The second kappa shape index (κ2) is 4.96. The van der Waals surface area contributed by atoms with Crippen molar-refractivity contribution in [3.05, 3.63) is 28.8 Å². The van der Waals surface area contributed by atoms with Gasteiger partial charge in [-0.3, -0.25) is 9.59 Å². The van der Waals surface area contributed by atoms with Gasteiger partial charge in [0.1, 0.15) is 11.2 Å². The molecule has 1 aromatic carbocycles. The molecule has 1 aromatic rings. The summed E-state index contributed by atoms with van der Waals surface area (Å²) in [6, 6.07) is 8.47. The van der Waals surface area contributed by atoms with E-state index in [1.807, 2.05) is 0 Å². The molecule has 5 nitrogen and oxygen atoms in total. The van der Waals surface area contributed by atoms with E-state index in [4.69, 9.17) is 11.6 Å². The predicted octanol–water partition coefficient (Wildman–Crippen LogP) is 2.17. The van der Waals surface area contributed by atoms with Crippen molar-refractivity contribution >= 4 is 29.0 Å². The normalized spacial score (nSPS) is 19.9. The number of hydrogen-bond acceptors (Lipinski definition) is 4. The van der Waals surface area contributed by atoms with Gasteiger partial charge in [-0.1, -0.05) is 17.7 Å². The summed E-state index contributed by atoms with van der Waals surface area (Å²) in [5.41, 5.74) is -0.738. The number of nitrogens with one attached hydrogen (secondary N) is 1. The van der Waals surface area contributed by atoms with Gasteiger partial charge in [0.25, 0.3) is 0 Å². The fraction of sp³-hybridized carbons (Fsp3) is 0.286. The van der Waals surface area contributed by atoms with Crippen molar-refractivity contribution in [2.75, 3.05) is 5.32 Å². The van der Waals surface area contributed by atoms with Crippen LogP contribution in [-0.4, -0.2) is 11.7 Å². The first-order chi connectivity index (χ1) is 9.47. The highest BCUT2D eigenvalue weighted by Crippen LogP contribution is 2.48. The Morgan fingerprint density at radius 1 is 1.45 bits per heavy atom. The van der Waals surface area contributed by atoms with Crippen molar-refractivity contribution in [2.45, 2.75) is 18.8 Å². The Kier molecular flexibility index (Phi) is 3.48. The average molecular weight is 288 g/mol. The number of halogens is 1. The average Bonchev–Trinajstić information content (AvgIpc) is 2.65. The molecule has 0 bridgehead atoms. The molecule has 100 valence electrons. The summed E-state index contributed by atoms with van der Waals surface area (Å²) in [5, 5.41) is 21.3. The molecule has 6 heteroatoms. The third kappa shape index (κ3) is 1.84. The fourth-order valence-electron chi connectivity index (χ4n) is 2.62. The van der Waals surface area contributed by atoms with Crippen LogP contribution in [0, 0.1) is 28.6 Å². The monoisotopic (exact) mass is 287 g/mol. The Bertz CT molecular complexity index is 673.